The third-order valence-corrected chi connectivity index (χ3v) is 2.28. The Morgan fingerprint density at radius 3 is 2.17 bits per heavy atom. The topological polar surface area (TPSA) is 20.3 Å². The summed E-state index contributed by atoms with van der Waals surface area (Å²) in [5.41, 5.74) is 0. The van der Waals surface area contributed by atoms with Crippen molar-refractivity contribution in [2.45, 2.75) is 53.0 Å². The van der Waals surface area contributed by atoms with Crippen molar-refractivity contribution in [3.63, 3.8) is 0 Å². The van der Waals surface area contributed by atoms with Crippen LogP contribution >= 0.6 is 0 Å². The van der Waals surface area contributed by atoms with Crippen LogP contribution in [-0.4, -0.2) is 23.4 Å². The molecule has 0 N–H and O–H groups in total. The molecular formula is C10H21NO. The molecule has 0 aliphatic carbocycles. The lowest BCUT2D eigenvalue weighted by Crippen LogP contribution is -2.38. The summed E-state index contributed by atoms with van der Waals surface area (Å²) in [4.78, 5) is 13.1. The molecule has 72 valence electrons. The van der Waals surface area contributed by atoms with Crippen LogP contribution in [0.25, 0.3) is 0 Å². The summed E-state index contributed by atoms with van der Waals surface area (Å²) >= 11 is 0. The molecule has 0 fully saturated rings. The molecule has 0 heterocycles. The van der Waals surface area contributed by atoms with E-state index in [2.05, 4.69) is 13.8 Å². The highest BCUT2D eigenvalue weighted by Gasteiger charge is 2.15. The van der Waals surface area contributed by atoms with Crippen LogP contribution in [0.3, 0.4) is 0 Å². The van der Waals surface area contributed by atoms with Crippen molar-refractivity contribution < 1.29 is 4.79 Å². The fourth-order valence-electron chi connectivity index (χ4n) is 1.65. The normalized spacial score (nSPS) is 12.7. The van der Waals surface area contributed by atoms with Gasteiger partial charge in [-0.15, -0.1) is 0 Å². The Morgan fingerprint density at radius 1 is 1.33 bits per heavy atom. The van der Waals surface area contributed by atoms with Crippen LogP contribution in [-0.2, 0) is 4.79 Å². The van der Waals surface area contributed by atoms with Gasteiger partial charge in [-0.3, -0.25) is 4.79 Å². The second-order valence-corrected chi connectivity index (χ2v) is 3.16. The SMILES string of the molecule is CCCC(CC)N(CC)C(C)=O. The zero-order chi connectivity index (χ0) is 9.56. The molecule has 0 rings (SSSR count). The summed E-state index contributed by atoms with van der Waals surface area (Å²) in [5, 5.41) is 0. The summed E-state index contributed by atoms with van der Waals surface area (Å²) < 4.78 is 0. The van der Waals surface area contributed by atoms with Gasteiger partial charge in [0.25, 0.3) is 0 Å². The number of hydrogen-bond acceptors (Lipinski definition) is 1. The number of carbonyl (C=O) groups is 1. The van der Waals surface area contributed by atoms with E-state index in [9.17, 15) is 4.79 Å². The minimum atomic E-state index is 0.206. The number of amides is 1. The summed E-state index contributed by atoms with van der Waals surface area (Å²) in [6.45, 7) is 8.85. The largest absolute Gasteiger partial charge is 0.340 e. The molecule has 2 nitrogen and oxygen atoms in total. The third-order valence-electron chi connectivity index (χ3n) is 2.28. The summed E-state index contributed by atoms with van der Waals surface area (Å²) in [5.74, 6) is 0.206. The van der Waals surface area contributed by atoms with Gasteiger partial charge in [-0.2, -0.15) is 0 Å². The Hall–Kier alpha value is -0.530. The van der Waals surface area contributed by atoms with Crippen molar-refractivity contribution in [2.75, 3.05) is 6.54 Å². The Morgan fingerprint density at radius 2 is 1.92 bits per heavy atom. The van der Waals surface area contributed by atoms with Crippen LogP contribution < -0.4 is 0 Å². The van der Waals surface area contributed by atoms with Gasteiger partial charge in [-0.25, -0.2) is 0 Å². The second kappa shape index (κ2) is 6.04. The van der Waals surface area contributed by atoms with E-state index >= 15 is 0 Å². The first kappa shape index (κ1) is 11.5. The lowest BCUT2D eigenvalue weighted by atomic mass is 10.1. The van der Waals surface area contributed by atoms with Gasteiger partial charge in [0.15, 0.2) is 0 Å². The maximum atomic E-state index is 11.2. The third kappa shape index (κ3) is 3.24. The first-order chi connectivity index (χ1) is 5.67. The Kier molecular flexibility index (Phi) is 5.77. The Balaban J connectivity index is 4.12. The van der Waals surface area contributed by atoms with E-state index in [1.54, 1.807) is 6.92 Å². The standard InChI is InChI=1S/C10H21NO/c1-5-8-10(6-2)11(7-3)9(4)12/h10H,5-8H2,1-4H3. The van der Waals surface area contributed by atoms with Crippen LogP contribution in [0.4, 0.5) is 0 Å². The Bertz CT molecular complexity index is 134. The molecule has 2 heteroatoms. The molecule has 0 spiro atoms. The highest BCUT2D eigenvalue weighted by molar-refractivity contribution is 5.73. The van der Waals surface area contributed by atoms with E-state index in [0.29, 0.717) is 6.04 Å². The molecule has 0 radical (unpaired) electrons. The molecular weight excluding hydrogens is 150 g/mol. The van der Waals surface area contributed by atoms with E-state index in [4.69, 9.17) is 0 Å². The molecule has 1 atom stereocenters. The molecule has 0 aromatic carbocycles. The van der Waals surface area contributed by atoms with E-state index < -0.39 is 0 Å². The molecule has 0 aromatic rings. The number of nitrogens with zero attached hydrogens (tertiary/aromatic N) is 1. The lowest BCUT2D eigenvalue weighted by molar-refractivity contribution is -0.131. The molecule has 0 saturated carbocycles. The van der Waals surface area contributed by atoms with Gasteiger partial charge in [0.1, 0.15) is 0 Å². The molecule has 0 saturated heterocycles. The molecule has 1 unspecified atom stereocenters. The van der Waals surface area contributed by atoms with Crippen molar-refractivity contribution >= 4 is 5.91 Å². The fraction of sp³-hybridized carbons (Fsp3) is 0.900. The number of carbonyl (C=O) groups excluding carboxylic acids is 1. The summed E-state index contributed by atoms with van der Waals surface area (Å²) in [7, 11) is 0. The molecule has 0 bridgehead atoms. The van der Waals surface area contributed by atoms with Crippen LogP contribution in [0.5, 0.6) is 0 Å². The fourth-order valence-corrected chi connectivity index (χ4v) is 1.65. The molecule has 0 aliphatic heterocycles. The van der Waals surface area contributed by atoms with Crippen LogP contribution in [0, 0.1) is 0 Å². The predicted octanol–water partition coefficient (Wildman–Crippen LogP) is 2.43. The predicted molar refractivity (Wildman–Crippen MR) is 52.0 cm³/mol. The monoisotopic (exact) mass is 171 g/mol. The summed E-state index contributed by atoms with van der Waals surface area (Å²) in [6, 6.07) is 0.456. The van der Waals surface area contributed by atoms with Crippen molar-refractivity contribution in [1.29, 1.82) is 0 Å². The van der Waals surface area contributed by atoms with Crippen LogP contribution in [0.2, 0.25) is 0 Å². The van der Waals surface area contributed by atoms with Gasteiger partial charge in [0.05, 0.1) is 0 Å². The minimum Gasteiger partial charge on any atom is -0.340 e. The van der Waals surface area contributed by atoms with E-state index in [0.717, 1.165) is 25.8 Å². The maximum absolute atomic E-state index is 11.2. The van der Waals surface area contributed by atoms with Crippen molar-refractivity contribution in [3.8, 4) is 0 Å². The Labute approximate surface area is 75.9 Å². The van der Waals surface area contributed by atoms with Crippen molar-refractivity contribution in [2.24, 2.45) is 0 Å². The molecule has 0 aromatic heterocycles. The average molecular weight is 171 g/mol. The van der Waals surface area contributed by atoms with Gasteiger partial charge in [-0.05, 0) is 19.8 Å². The quantitative estimate of drug-likeness (QED) is 0.622. The smallest absolute Gasteiger partial charge is 0.219 e. The van der Waals surface area contributed by atoms with Gasteiger partial charge in [-0.1, -0.05) is 20.3 Å². The summed E-state index contributed by atoms with van der Waals surface area (Å²) in [6.07, 6.45) is 3.35. The van der Waals surface area contributed by atoms with E-state index in [-0.39, 0.29) is 5.91 Å². The highest BCUT2D eigenvalue weighted by atomic mass is 16.2. The van der Waals surface area contributed by atoms with E-state index in [1.807, 2.05) is 11.8 Å². The first-order valence-corrected chi connectivity index (χ1v) is 4.94. The molecule has 0 aliphatic rings. The molecule has 1 amide bonds. The van der Waals surface area contributed by atoms with Gasteiger partial charge < -0.3 is 4.90 Å². The average Bonchev–Trinajstić information content (AvgIpc) is 2.03. The number of hydrogen-bond donors (Lipinski definition) is 0. The van der Waals surface area contributed by atoms with Gasteiger partial charge in [0.2, 0.25) is 5.91 Å². The van der Waals surface area contributed by atoms with Gasteiger partial charge >= 0.3 is 0 Å². The first-order valence-electron chi connectivity index (χ1n) is 4.94. The highest BCUT2D eigenvalue weighted by Crippen LogP contribution is 2.10. The lowest BCUT2D eigenvalue weighted by Gasteiger charge is -2.28. The van der Waals surface area contributed by atoms with Gasteiger partial charge in [0, 0.05) is 19.5 Å². The van der Waals surface area contributed by atoms with Crippen molar-refractivity contribution in [1.82, 2.24) is 4.90 Å². The zero-order valence-corrected chi connectivity index (χ0v) is 8.76. The van der Waals surface area contributed by atoms with Crippen LogP contribution in [0.15, 0.2) is 0 Å². The zero-order valence-electron chi connectivity index (χ0n) is 8.76. The van der Waals surface area contributed by atoms with E-state index in [1.165, 1.54) is 0 Å². The minimum absolute atomic E-state index is 0.206. The maximum Gasteiger partial charge on any atom is 0.219 e. The number of rotatable bonds is 5. The van der Waals surface area contributed by atoms with Crippen molar-refractivity contribution in [3.05, 3.63) is 0 Å². The molecule has 12 heavy (non-hydrogen) atoms. The van der Waals surface area contributed by atoms with Crippen LogP contribution in [0.1, 0.15) is 47.0 Å². The second-order valence-electron chi connectivity index (χ2n) is 3.16.